The number of aromatic nitrogens is 2. The Bertz CT molecular complexity index is 797. The average molecular weight is 489 g/mol. The van der Waals surface area contributed by atoms with Gasteiger partial charge >= 0.3 is 0 Å². The first-order valence-electron chi connectivity index (χ1n) is 10.1. The van der Waals surface area contributed by atoms with E-state index in [9.17, 15) is 10.1 Å². The van der Waals surface area contributed by atoms with E-state index < -0.39 is 6.04 Å². The van der Waals surface area contributed by atoms with Gasteiger partial charge in [0, 0.05) is 41.9 Å². The number of hydrogen-bond acceptors (Lipinski definition) is 10. The van der Waals surface area contributed by atoms with E-state index in [4.69, 9.17) is 0 Å². The highest BCUT2D eigenvalue weighted by Gasteiger charge is 2.35. The standard InChI is InChI=1S/C19H34N7O2S3/c1-20-19(16(26(27)28)8-14-12-30-17(22-14)9-24(2)3)21-6-7-29-11-15-13-31-18(23-15)10-25(4)5/h12-13,16,19-21H,6-11H2,1-5H3,(H,27,28)/q+1. The number of rotatable bonds is 15. The summed E-state index contributed by atoms with van der Waals surface area (Å²) in [6, 6.07) is -0.670. The van der Waals surface area contributed by atoms with Crippen LogP contribution < -0.4 is 10.6 Å². The molecule has 0 saturated carbocycles. The first-order chi connectivity index (χ1) is 14.8. The zero-order valence-electron chi connectivity index (χ0n) is 18.9. The van der Waals surface area contributed by atoms with Crippen LogP contribution in [0.25, 0.3) is 0 Å². The fourth-order valence-electron chi connectivity index (χ4n) is 2.98. The fourth-order valence-corrected chi connectivity index (χ4v) is 5.68. The van der Waals surface area contributed by atoms with Crippen molar-refractivity contribution in [2.45, 2.75) is 37.5 Å². The van der Waals surface area contributed by atoms with E-state index in [-0.39, 0.29) is 11.1 Å². The van der Waals surface area contributed by atoms with E-state index in [1.807, 2.05) is 33.6 Å². The summed E-state index contributed by atoms with van der Waals surface area (Å²) >= 11 is 5.06. The fraction of sp³-hybridized carbons (Fsp3) is 0.684. The molecule has 2 aromatic rings. The largest absolute Gasteiger partial charge is 0.303 e. The van der Waals surface area contributed by atoms with Crippen LogP contribution in [0.4, 0.5) is 0 Å². The lowest BCUT2D eigenvalue weighted by Gasteiger charge is -2.18. The molecule has 0 saturated heterocycles. The number of nitrogens with one attached hydrogen (secondary N) is 2. The maximum Gasteiger partial charge on any atom is 0.290 e. The van der Waals surface area contributed by atoms with Gasteiger partial charge in [-0.3, -0.25) is 10.6 Å². The zero-order valence-corrected chi connectivity index (χ0v) is 21.3. The van der Waals surface area contributed by atoms with Gasteiger partial charge in [-0.1, -0.05) is 0 Å². The molecule has 174 valence electrons. The smallest absolute Gasteiger partial charge is 0.290 e. The molecule has 0 fully saturated rings. The minimum atomic E-state index is -0.670. The minimum Gasteiger partial charge on any atom is -0.303 e. The van der Waals surface area contributed by atoms with Gasteiger partial charge in [-0.15, -0.1) is 22.7 Å². The second kappa shape index (κ2) is 13.4. The first kappa shape index (κ1) is 26.1. The quantitative estimate of drug-likeness (QED) is 0.197. The summed E-state index contributed by atoms with van der Waals surface area (Å²) in [5.74, 6) is 1.74. The van der Waals surface area contributed by atoms with Crippen LogP contribution in [0.1, 0.15) is 21.4 Å². The molecule has 3 N–H and O–H groups in total. The monoisotopic (exact) mass is 488 g/mol. The molecule has 0 aromatic carbocycles. The van der Waals surface area contributed by atoms with Crippen LogP contribution in [0, 0.1) is 4.91 Å². The Labute approximate surface area is 196 Å². The predicted molar refractivity (Wildman–Crippen MR) is 129 cm³/mol. The third-order valence-electron chi connectivity index (χ3n) is 4.36. The summed E-state index contributed by atoms with van der Waals surface area (Å²) in [5, 5.41) is 22.3. The third kappa shape index (κ3) is 9.48. The molecule has 31 heavy (non-hydrogen) atoms. The number of likely N-dealkylation sites (N-methyl/N-ethyl adjacent to an activating group) is 1. The van der Waals surface area contributed by atoms with Crippen molar-refractivity contribution in [1.29, 1.82) is 0 Å². The van der Waals surface area contributed by atoms with Crippen molar-refractivity contribution in [1.82, 2.24) is 30.4 Å². The van der Waals surface area contributed by atoms with Crippen LogP contribution in [-0.4, -0.2) is 89.6 Å². The molecule has 0 spiro atoms. The topological polar surface area (TPSA) is 96.6 Å². The summed E-state index contributed by atoms with van der Waals surface area (Å²) in [4.78, 5) is 25.3. The molecule has 0 bridgehead atoms. The molecule has 2 aromatic heterocycles. The molecule has 0 radical (unpaired) electrons. The van der Waals surface area contributed by atoms with Crippen LogP contribution in [0.3, 0.4) is 0 Å². The molecule has 0 amide bonds. The predicted octanol–water partition coefficient (Wildman–Crippen LogP) is 1.87. The molecule has 2 heterocycles. The van der Waals surface area contributed by atoms with Crippen molar-refractivity contribution in [2.24, 2.45) is 0 Å². The van der Waals surface area contributed by atoms with Crippen molar-refractivity contribution in [3.05, 3.63) is 37.1 Å². The summed E-state index contributed by atoms with van der Waals surface area (Å²) in [5.41, 5.74) is 1.92. The van der Waals surface area contributed by atoms with Crippen LogP contribution >= 0.6 is 34.4 Å². The Hall–Kier alpha value is -1.15. The van der Waals surface area contributed by atoms with Gasteiger partial charge in [0.2, 0.25) is 4.92 Å². The molecule has 2 atom stereocenters. The van der Waals surface area contributed by atoms with Gasteiger partial charge < -0.3 is 9.80 Å². The van der Waals surface area contributed by atoms with Crippen molar-refractivity contribution in [3.63, 3.8) is 0 Å². The molecule has 0 aliphatic carbocycles. The van der Waals surface area contributed by atoms with Gasteiger partial charge in [0.15, 0.2) is 0 Å². The maximum atomic E-state index is 11.8. The van der Waals surface area contributed by atoms with Crippen LogP contribution in [0.2, 0.25) is 0 Å². The molecule has 2 unspecified atom stereocenters. The lowest BCUT2D eigenvalue weighted by atomic mass is 10.1. The SMILES string of the molecule is CNC(NCCSCc1csc(CN(C)C)n1)C(Cc1csc(CN(C)C)n1)[N+](=O)O. The van der Waals surface area contributed by atoms with Crippen molar-refractivity contribution in [2.75, 3.05) is 47.5 Å². The van der Waals surface area contributed by atoms with Crippen molar-refractivity contribution < 1.29 is 10.1 Å². The van der Waals surface area contributed by atoms with Gasteiger partial charge in [0.05, 0.1) is 22.7 Å². The van der Waals surface area contributed by atoms with Crippen LogP contribution in [0.5, 0.6) is 0 Å². The number of hydrogen-bond donors (Lipinski definition) is 3. The van der Waals surface area contributed by atoms with Crippen molar-refractivity contribution >= 4 is 34.4 Å². The highest BCUT2D eigenvalue weighted by molar-refractivity contribution is 7.98. The van der Waals surface area contributed by atoms with Crippen LogP contribution in [0.15, 0.2) is 10.8 Å². The molecule has 9 nitrogen and oxygen atoms in total. The Morgan fingerprint density at radius 3 is 2.23 bits per heavy atom. The lowest BCUT2D eigenvalue weighted by Crippen LogP contribution is -2.54. The maximum absolute atomic E-state index is 11.8. The second-order valence-electron chi connectivity index (χ2n) is 7.79. The summed E-state index contributed by atoms with van der Waals surface area (Å²) in [7, 11) is 9.85. The number of thioether (sulfide) groups is 1. The van der Waals surface area contributed by atoms with Gasteiger partial charge in [-0.25, -0.2) is 15.2 Å². The van der Waals surface area contributed by atoms with Crippen molar-refractivity contribution in [3.8, 4) is 0 Å². The molecule has 2 rings (SSSR count). The normalized spacial score (nSPS) is 13.8. The lowest BCUT2D eigenvalue weighted by molar-refractivity contribution is -0.817. The summed E-state index contributed by atoms with van der Waals surface area (Å²) < 4.78 is 0. The summed E-state index contributed by atoms with van der Waals surface area (Å²) in [6.07, 6.45) is 0.0105. The van der Waals surface area contributed by atoms with Gasteiger partial charge in [0.1, 0.15) is 16.2 Å². The van der Waals surface area contributed by atoms with E-state index in [1.54, 1.807) is 41.5 Å². The van der Waals surface area contributed by atoms with E-state index in [1.165, 1.54) is 0 Å². The van der Waals surface area contributed by atoms with Gasteiger partial charge in [-0.2, -0.15) is 11.8 Å². The van der Waals surface area contributed by atoms with E-state index in [0.29, 0.717) is 13.0 Å². The third-order valence-corrected chi connectivity index (χ3v) is 7.12. The number of thiazole rings is 2. The Balaban J connectivity index is 1.79. The highest BCUT2D eigenvalue weighted by Crippen LogP contribution is 2.17. The van der Waals surface area contributed by atoms with Gasteiger partial charge in [0.25, 0.3) is 6.04 Å². The molecular weight excluding hydrogens is 454 g/mol. The van der Waals surface area contributed by atoms with E-state index in [0.717, 1.165) is 46.0 Å². The van der Waals surface area contributed by atoms with E-state index in [2.05, 4.69) is 35.8 Å². The number of nitrogens with zero attached hydrogens (tertiary/aromatic N) is 5. The molecule has 0 aliphatic rings. The Morgan fingerprint density at radius 1 is 1.10 bits per heavy atom. The highest BCUT2D eigenvalue weighted by atomic mass is 32.2. The average Bonchev–Trinajstić information content (AvgIpc) is 3.31. The van der Waals surface area contributed by atoms with E-state index >= 15 is 0 Å². The molecule has 12 heteroatoms. The van der Waals surface area contributed by atoms with Gasteiger partial charge in [-0.05, 0) is 35.2 Å². The minimum absolute atomic E-state index is 0.0355. The molecular formula is C19H34N7O2S3+. The Morgan fingerprint density at radius 2 is 1.68 bits per heavy atom. The second-order valence-corrected chi connectivity index (χ2v) is 10.8. The van der Waals surface area contributed by atoms with Crippen LogP contribution in [-0.2, 0) is 25.3 Å². The molecule has 0 aliphatic heterocycles. The summed E-state index contributed by atoms with van der Waals surface area (Å²) in [6.45, 7) is 2.33. The zero-order chi connectivity index (χ0) is 22.8. The first-order valence-corrected chi connectivity index (χ1v) is 13.0. The Kier molecular flexibility index (Phi) is 11.3.